The Kier molecular flexibility index (Phi) is 4.13. The van der Waals surface area contributed by atoms with Crippen LogP contribution in [0.3, 0.4) is 0 Å². The first kappa shape index (κ1) is 12.8. The lowest BCUT2D eigenvalue weighted by molar-refractivity contribution is -0.144. The Hall–Kier alpha value is -1.64. The largest absolute Gasteiger partial charge is 0.469 e. The van der Waals surface area contributed by atoms with E-state index in [-0.39, 0.29) is 23.6 Å². The number of benzene rings is 1. The van der Waals surface area contributed by atoms with Crippen molar-refractivity contribution in [2.45, 2.75) is 31.6 Å². The van der Waals surface area contributed by atoms with Gasteiger partial charge in [-0.3, -0.25) is 9.59 Å². The van der Waals surface area contributed by atoms with Crippen LogP contribution in [0.2, 0.25) is 0 Å². The fourth-order valence-electron chi connectivity index (χ4n) is 2.73. The summed E-state index contributed by atoms with van der Waals surface area (Å²) in [4.78, 5) is 23.6. The Morgan fingerprint density at radius 2 is 2.06 bits per heavy atom. The Morgan fingerprint density at radius 1 is 1.33 bits per heavy atom. The van der Waals surface area contributed by atoms with Crippen molar-refractivity contribution >= 4 is 11.8 Å². The molecule has 1 fully saturated rings. The van der Waals surface area contributed by atoms with Crippen molar-refractivity contribution in [1.82, 2.24) is 0 Å². The zero-order chi connectivity index (χ0) is 13.0. The van der Waals surface area contributed by atoms with E-state index in [0.29, 0.717) is 12.8 Å². The van der Waals surface area contributed by atoms with Gasteiger partial charge in [-0.1, -0.05) is 30.3 Å². The predicted molar refractivity (Wildman–Crippen MR) is 68.2 cm³/mol. The molecule has 0 aliphatic heterocycles. The van der Waals surface area contributed by atoms with E-state index in [9.17, 15) is 9.59 Å². The van der Waals surface area contributed by atoms with Gasteiger partial charge in [0.2, 0.25) is 0 Å². The van der Waals surface area contributed by atoms with Gasteiger partial charge in [0.15, 0.2) is 0 Å². The van der Waals surface area contributed by atoms with Gasteiger partial charge in [0, 0.05) is 12.8 Å². The van der Waals surface area contributed by atoms with E-state index < -0.39 is 0 Å². The molecule has 0 aromatic heterocycles. The van der Waals surface area contributed by atoms with Gasteiger partial charge in [-0.05, 0) is 24.3 Å². The van der Waals surface area contributed by atoms with Gasteiger partial charge in [0.25, 0.3) is 0 Å². The second kappa shape index (κ2) is 5.80. The molecule has 2 rings (SSSR count). The van der Waals surface area contributed by atoms with E-state index in [0.717, 1.165) is 18.4 Å². The number of rotatable bonds is 3. The van der Waals surface area contributed by atoms with Crippen LogP contribution in [0.25, 0.3) is 0 Å². The molecule has 0 radical (unpaired) electrons. The summed E-state index contributed by atoms with van der Waals surface area (Å²) in [7, 11) is 1.41. The first-order chi connectivity index (χ1) is 8.72. The minimum Gasteiger partial charge on any atom is -0.469 e. The molecule has 2 atom stereocenters. The van der Waals surface area contributed by atoms with Crippen LogP contribution >= 0.6 is 0 Å². The number of Topliss-reactive ketones (excluding diaryl/α,β-unsaturated/α-hetero) is 1. The second-order valence-electron chi connectivity index (χ2n) is 4.81. The number of carbonyl (C=O) groups is 2. The second-order valence-corrected chi connectivity index (χ2v) is 4.81. The Bertz CT molecular complexity index is 425. The standard InChI is InChI=1S/C15H18O3/c1-18-15(17)14(11-6-3-2-4-7-11)12-8-5-9-13(16)10-12/h2-4,6-7,12,14H,5,8-10H2,1H3/t12-,14-/m1/s1. The fourth-order valence-corrected chi connectivity index (χ4v) is 2.73. The lowest BCUT2D eigenvalue weighted by atomic mass is 9.76. The Labute approximate surface area is 107 Å². The molecule has 0 heterocycles. The summed E-state index contributed by atoms with van der Waals surface area (Å²) >= 11 is 0. The summed E-state index contributed by atoms with van der Waals surface area (Å²) < 4.78 is 4.90. The van der Waals surface area contributed by atoms with Crippen LogP contribution in [0.15, 0.2) is 30.3 Å². The third kappa shape index (κ3) is 2.78. The number of ketones is 1. The van der Waals surface area contributed by atoms with Crippen molar-refractivity contribution < 1.29 is 14.3 Å². The van der Waals surface area contributed by atoms with Crippen LogP contribution < -0.4 is 0 Å². The van der Waals surface area contributed by atoms with E-state index in [4.69, 9.17) is 4.74 Å². The number of methoxy groups -OCH3 is 1. The van der Waals surface area contributed by atoms with Gasteiger partial charge in [0.1, 0.15) is 5.78 Å². The molecular formula is C15H18O3. The number of hydrogen-bond acceptors (Lipinski definition) is 3. The van der Waals surface area contributed by atoms with Gasteiger partial charge in [0.05, 0.1) is 13.0 Å². The van der Waals surface area contributed by atoms with Crippen molar-refractivity contribution in [2.75, 3.05) is 7.11 Å². The quantitative estimate of drug-likeness (QED) is 0.770. The fraction of sp³-hybridized carbons (Fsp3) is 0.467. The Balaban J connectivity index is 2.25. The number of esters is 1. The molecule has 0 bridgehead atoms. The highest BCUT2D eigenvalue weighted by Crippen LogP contribution is 2.35. The molecule has 0 spiro atoms. The summed E-state index contributed by atoms with van der Waals surface area (Å²) in [6.07, 6.45) is 2.94. The molecule has 1 aliphatic rings. The Morgan fingerprint density at radius 3 is 2.67 bits per heavy atom. The van der Waals surface area contributed by atoms with Crippen molar-refractivity contribution in [3.05, 3.63) is 35.9 Å². The minimum atomic E-state index is -0.305. The van der Waals surface area contributed by atoms with Gasteiger partial charge in [-0.15, -0.1) is 0 Å². The van der Waals surface area contributed by atoms with Crippen LogP contribution in [0.4, 0.5) is 0 Å². The molecule has 3 heteroatoms. The van der Waals surface area contributed by atoms with E-state index in [2.05, 4.69) is 0 Å². The summed E-state index contributed by atoms with van der Waals surface area (Å²) in [5.74, 6) is -0.196. The molecule has 0 amide bonds. The van der Waals surface area contributed by atoms with Crippen molar-refractivity contribution in [3.8, 4) is 0 Å². The minimum absolute atomic E-state index is 0.0844. The number of ether oxygens (including phenoxy) is 1. The normalized spacial score (nSPS) is 21.4. The third-order valence-electron chi connectivity index (χ3n) is 3.61. The highest BCUT2D eigenvalue weighted by atomic mass is 16.5. The number of carbonyl (C=O) groups excluding carboxylic acids is 2. The maximum atomic E-state index is 12.0. The first-order valence-electron chi connectivity index (χ1n) is 6.37. The third-order valence-corrected chi connectivity index (χ3v) is 3.61. The maximum absolute atomic E-state index is 12.0. The SMILES string of the molecule is COC(=O)[C@H](c1ccccc1)[C@@H]1CCCC(=O)C1. The number of hydrogen-bond donors (Lipinski definition) is 0. The van der Waals surface area contributed by atoms with E-state index in [1.54, 1.807) is 0 Å². The van der Waals surface area contributed by atoms with Crippen molar-refractivity contribution in [2.24, 2.45) is 5.92 Å². The highest BCUT2D eigenvalue weighted by Gasteiger charge is 2.33. The average Bonchev–Trinajstić information content (AvgIpc) is 2.40. The topological polar surface area (TPSA) is 43.4 Å². The lowest BCUT2D eigenvalue weighted by Gasteiger charge is -2.28. The molecule has 3 nitrogen and oxygen atoms in total. The first-order valence-corrected chi connectivity index (χ1v) is 6.37. The van der Waals surface area contributed by atoms with Crippen molar-refractivity contribution in [3.63, 3.8) is 0 Å². The van der Waals surface area contributed by atoms with Crippen LogP contribution in [-0.4, -0.2) is 18.9 Å². The zero-order valence-corrected chi connectivity index (χ0v) is 10.6. The molecule has 1 aromatic rings. The molecule has 0 unspecified atom stereocenters. The maximum Gasteiger partial charge on any atom is 0.313 e. The van der Waals surface area contributed by atoms with Crippen molar-refractivity contribution in [1.29, 1.82) is 0 Å². The molecule has 96 valence electrons. The van der Waals surface area contributed by atoms with Crippen LogP contribution in [0.1, 0.15) is 37.2 Å². The van der Waals surface area contributed by atoms with Gasteiger partial charge < -0.3 is 4.74 Å². The average molecular weight is 246 g/mol. The zero-order valence-electron chi connectivity index (χ0n) is 10.6. The molecule has 18 heavy (non-hydrogen) atoms. The summed E-state index contributed by atoms with van der Waals surface area (Å²) in [6, 6.07) is 9.61. The van der Waals surface area contributed by atoms with Crippen LogP contribution in [0, 0.1) is 5.92 Å². The van der Waals surface area contributed by atoms with Gasteiger partial charge in [-0.25, -0.2) is 0 Å². The van der Waals surface area contributed by atoms with Gasteiger partial charge >= 0.3 is 5.97 Å². The summed E-state index contributed by atoms with van der Waals surface area (Å²) in [5.41, 5.74) is 0.948. The smallest absolute Gasteiger partial charge is 0.313 e. The monoisotopic (exact) mass is 246 g/mol. The van der Waals surface area contributed by atoms with Gasteiger partial charge in [-0.2, -0.15) is 0 Å². The predicted octanol–water partition coefficient (Wildman–Crippen LogP) is 2.70. The summed E-state index contributed by atoms with van der Waals surface area (Å²) in [6.45, 7) is 0. The van der Waals surface area contributed by atoms with Crippen LogP contribution in [0.5, 0.6) is 0 Å². The molecule has 0 saturated heterocycles. The lowest BCUT2D eigenvalue weighted by Crippen LogP contribution is -2.27. The molecule has 1 aliphatic carbocycles. The van der Waals surface area contributed by atoms with E-state index in [1.807, 2.05) is 30.3 Å². The summed E-state index contributed by atoms with van der Waals surface area (Å²) in [5, 5.41) is 0. The molecule has 1 aromatic carbocycles. The molecule has 1 saturated carbocycles. The highest BCUT2D eigenvalue weighted by molar-refractivity contribution is 5.83. The van der Waals surface area contributed by atoms with Crippen LogP contribution in [-0.2, 0) is 14.3 Å². The molecule has 0 N–H and O–H groups in total. The van der Waals surface area contributed by atoms with E-state index >= 15 is 0 Å². The van der Waals surface area contributed by atoms with E-state index in [1.165, 1.54) is 7.11 Å². The molecular weight excluding hydrogens is 228 g/mol.